The monoisotopic (exact) mass is 438 g/mol. The lowest BCUT2D eigenvalue weighted by Crippen LogP contribution is -2.35. The maximum absolute atomic E-state index is 12.7. The van der Waals surface area contributed by atoms with Gasteiger partial charge in [-0.05, 0) is 45.9 Å². The van der Waals surface area contributed by atoms with Gasteiger partial charge in [0, 0.05) is 24.4 Å². The highest BCUT2D eigenvalue weighted by atomic mass is 79.9. The minimum Gasteiger partial charge on any atom is -0.289 e. The van der Waals surface area contributed by atoms with Crippen LogP contribution in [-0.2, 0) is 21.2 Å². The summed E-state index contributed by atoms with van der Waals surface area (Å²) in [5.41, 5.74) is 1.52. The third-order valence-corrected chi connectivity index (χ3v) is 7.97. The molecular formula is C13H15BrN2O4S3. The number of nitrogens with one attached hydrogen (secondary N) is 1. The number of carbonyl (C=O) groups is 1. The normalized spacial score (nSPS) is 11.8. The molecule has 0 aliphatic rings. The van der Waals surface area contributed by atoms with E-state index >= 15 is 0 Å². The molecule has 0 aromatic carbocycles. The maximum atomic E-state index is 12.7. The summed E-state index contributed by atoms with van der Waals surface area (Å²) < 4.78 is 27.7. The van der Waals surface area contributed by atoms with Gasteiger partial charge in [-0.1, -0.05) is 6.07 Å². The number of amides is 1. The molecule has 0 radical (unpaired) electrons. The SMILES string of the molecule is O=C(CCN(CCc1cccs1)S(=O)(=O)c1ccc(Br)s1)NO. The van der Waals surface area contributed by atoms with Crippen LogP contribution in [0.2, 0.25) is 0 Å². The molecule has 23 heavy (non-hydrogen) atoms. The molecule has 6 nitrogen and oxygen atoms in total. The van der Waals surface area contributed by atoms with Gasteiger partial charge in [0.05, 0.1) is 3.79 Å². The minimum absolute atomic E-state index is 0.00954. The van der Waals surface area contributed by atoms with E-state index in [0.717, 1.165) is 20.0 Å². The van der Waals surface area contributed by atoms with Crippen molar-refractivity contribution in [1.82, 2.24) is 9.79 Å². The van der Waals surface area contributed by atoms with Gasteiger partial charge in [0.2, 0.25) is 5.91 Å². The summed E-state index contributed by atoms with van der Waals surface area (Å²) in [6.07, 6.45) is 0.469. The molecule has 2 rings (SSSR count). The molecule has 0 fully saturated rings. The number of hydrogen-bond acceptors (Lipinski definition) is 6. The summed E-state index contributed by atoms with van der Waals surface area (Å²) in [6, 6.07) is 7.07. The van der Waals surface area contributed by atoms with Crippen molar-refractivity contribution in [2.45, 2.75) is 17.1 Å². The second kappa shape index (κ2) is 8.36. The van der Waals surface area contributed by atoms with Gasteiger partial charge in [0.15, 0.2) is 0 Å². The molecule has 0 spiro atoms. The topological polar surface area (TPSA) is 86.7 Å². The van der Waals surface area contributed by atoms with E-state index in [-0.39, 0.29) is 23.7 Å². The first-order valence-electron chi connectivity index (χ1n) is 6.64. The van der Waals surface area contributed by atoms with Gasteiger partial charge in [-0.2, -0.15) is 4.31 Å². The second-order valence-electron chi connectivity index (χ2n) is 4.58. The maximum Gasteiger partial charge on any atom is 0.252 e. The van der Waals surface area contributed by atoms with Gasteiger partial charge in [-0.25, -0.2) is 13.9 Å². The number of hydroxylamine groups is 1. The number of nitrogens with zero attached hydrogens (tertiary/aromatic N) is 1. The molecule has 0 saturated heterocycles. The molecule has 2 heterocycles. The van der Waals surface area contributed by atoms with Crippen molar-refractivity contribution in [3.05, 3.63) is 38.3 Å². The Kier molecular flexibility index (Phi) is 6.74. The summed E-state index contributed by atoms with van der Waals surface area (Å²) in [5.74, 6) is -0.617. The van der Waals surface area contributed by atoms with E-state index in [1.807, 2.05) is 17.5 Å². The average molecular weight is 439 g/mol. The fourth-order valence-corrected chi connectivity index (χ4v) is 6.19. The van der Waals surface area contributed by atoms with Crippen molar-refractivity contribution >= 4 is 54.5 Å². The molecule has 126 valence electrons. The van der Waals surface area contributed by atoms with Crippen LogP contribution < -0.4 is 5.48 Å². The van der Waals surface area contributed by atoms with Gasteiger partial charge in [-0.15, -0.1) is 22.7 Å². The first-order chi connectivity index (χ1) is 10.9. The van der Waals surface area contributed by atoms with Crippen LogP contribution in [0.1, 0.15) is 11.3 Å². The van der Waals surface area contributed by atoms with Crippen molar-refractivity contribution < 1.29 is 18.4 Å². The van der Waals surface area contributed by atoms with Crippen molar-refractivity contribution in [3.8, 4) is 0 Å². The first-order valence-corrected chi connectivity index (χ1v) is 10.6. The number of thiophene rings is 2. The predicted octanol–water partition coefficient (Wildman–Crippen LogP) is 2.70. The van der Waals surface area contributed by atoms with E-state index in [4.69, 9.17) is 5.21 Å². The molecular weight excluding hydrogens is 424 g/mol. The van der Waals surface area contributed by atoms with E-state index < -0.39 is 15.9 Å². The summed E-state index contributed by atoms with van der Waals surface area (Å²) in [6.45, 7) is 0.284. The lowest BCUT2D eigenvalue weighted by molar-refractivity contribution is -0.129. The summed E-state index contributed by atoms with van der Waals surface area (Å²) in [7, 11) is -3.67. The molecule has 2 N–H and O–H groups in total. The van der Waals surface area contributed by atoms with E-state index in [9.17, 15) is 13.2 Å². The van der Waals surface area contributed by atoms with E-state index in [1.165, 1.54) is 15.9 Å². The second-order valence-corrected chi connectivity index (χ2v) is 10.2. The molecule has 1 amide bonds. The van der Waals surface area contributed by atoms with Crippen LogP contribution in [0, 0.1) is 0 Å². The Labute approximate surface area is 150 Å². The quantitative estimate of drug-likeness (QED) is 0.489. The van der Waals surface area contributed by atoms with Gasteiger partial charge >= 0.3 is 0 Å². The van der Waals surface area contributed by atoms with Gasteiger partial charge in [0.25, 0.3) is 10.0 Å². The molecule has 0 atom stereocenters. The zero-order valence-corrected chi connectivity index (χ0v) is 16.0. The molecule has 2 aromatic heterocycles. The number of hydrogen-bond donors (Lipinski definition) is 2. The predicted molar refractivity (Wildman–Crippen MR) is 93.3 cm³/mol. The minimum atomic E-state index is -3.67. The molecule has 0 bridgehead atoms. The zero-order valence-electron chi connectivity index (χ0n) is 11.9. The lowest BCUT2D eigenvalue weighted by Gasteiger charge is -2.20. The van der Waals surface area contributed by atoms with Gasteiger partial charge in [-0.3, -0.25) is 10.0 Å². The lowest BCUT2D eigenvalue weighted by atomic mass is 10.3. The average Bonchev–Trinajstić information content (AvgIpc) is 3.18. The Hall–Kier alpha value is -0.780. The molecule has 0 aliphatic carbocycles. The highest BCUT2D eigenvalue weighted by Crippen LogP contribution is 2.28. The van der Waals surface area contributed by atoms with Crippen molar-refractivity contribution in [1.29, 1.82) is 0 Å². The molecule has 10 heteroatoms. The van der Waals surface area contributed by atoms with Crippen molar-refractivity contribution in [2.24, 2.45) is 0 Å². The number of carbonyl (C=O) groups excluding carboxylic acids is 1. The fraction of sp³-hybridized carbons (Fsp3) is 0.308. The van der Waals surface area contributed by atoms with Gasteiger partial charge in [0.1, 0.15) is 4.21 Å². The summed E-state index contributed by atoms with van der Waals surface area (Å²) >= 11 is 5.94. The third kappa shape index (κ3) is 5.10. The Bertz CT molecular complexity index is 743. The molecule has 0 unspecified atom stereocenters. The van der Waals surface area contributed by atoms with E-state index in [2.05, 4.69) is 15.9 Å². The van der Waals surface area contributed by atoms with Crippen molar-refractivity contribution in [3.63, 3.8) is 0 Å². The van der Waals surface area contributed by atoms with E-state index in [1.54, 1.807) is 17.4 Å². The zero-order chi connectivity index (χ0) is 16.9. The largest absolute Gasteiger partial charge is 0.289 e. The number of halogens is 1. The van der Waals surface area contributed by atoms with Crippen LogP contribution in [0.3, 0.4) is 0 Å². The third-order valence-electron chi connectivity index (χ3n) is 3.04. The van der Waals surface area contributed by atoms with Crippen LogP contribution in [0.15, 0.2) is 37.6 Å². The smallest absolute Gasteiger partial charge is 0.252 e. The van der Waals surface area contributed by atoms with Crippen LogP contribution in [-0.4, -0.2) is 36.9 Å². The highest BCUT2D eigenvalue weighted by Gasteiger charge is 2.26. The van der Waals surface area contributed by atoms with Gasteiger partial charge < -0.3 is 0 Å². The summed E-state index contributed by atoms with van der Waals surface area (Å²) in [5, 5.41) is 10.5. The number of rotatable bonds is 8. The Morgan fingerprint density at radius 3 is 2.65 bits per heavy atom. The molecule has 2 aromatic rings. The first kappa shape index (κ1) is 18.6. The highest BCUT2D eigenvalue weighted by molar-refractivity contribution is 9.11. The standard InChI is InChI=1S/C13H15BrN2O4S3/c14-11-3-4-13(22-11)23(19,20)16(8-6-12(17)15-18)7-5-10-2-1-9-21-10/h1-4,9,18H,5-8H2,(H,15,17). The molecule has 0 aliphatic heterocycles. The van der Waals surface area contributed by atoms with Crippen LogP contribution in [0.25, 0.3) is 0 Å². The number of sulfonamides is 1. The van der Waals surface area contributed by atoms with E-state index in [0.29, 0.717) is 6.42 Å². The van der Waals surface area contributed by atoms with Crippen molar-refractivity contribution in [2.75, 3.05) is 13.1 Å². The Balaban J connectivity index is 2.15. The fourth-order valence-electron chi connectivity index (χ4n) is 1.89. The van der Waals surface area contributed by atoms with Crippen LogP contribution in [0.4, 0.5) is 0 Å². The Morgan fingerprint density at radius 1 is 1.30 bits per heavy atom. The molecule has 0 saturated carbocycles. The van der Waals surface area contributed by atoms with Crippen LogP contribution in [0.5, 0.6) is 0 Å². The Morgan fingerprint density at radius 2 is 2.09 bits per heavy atom. The summed E-state index contributed by atoms with van der Waals surface area (Å²) in [4.78, 5) is 12.3. The van der Waals surface area contributed by atoms with Crippen LogP contribution >= 0.6 is 38.6 Å².